The molecule has 3 aromatic rings. The highest BCUT2D eigenvalue weighted by Gasteiger charge is 2.07. The molecule has 0 aliphatic carbocycles. The van der Waals surface area contributed by atoms with E-state index in [1.54, 1.807) is 18.1 Å². The zero-order chi connectivity index (χ0) is 13.2. The Bertz CT molecular complexity index is 702. The molecule has 0 radical (unpaired) electrons. The number of aromatic nitrogens is 7. The van der Waals surface area contributed by atoms with Crippen molar-refractivity contribution < 1.29 is 0 Å². The van der Waals surface area contributed by atoms with Gasteiger partial charge in [0, 0.05) is 9.13 Å². The third kappa shape index (κ3) is 2.78. The maximum Gasteiger partial charge on any atom is 0.196 e. The van der Waals surface area contributed by atoms with Crippen LogP contribution in [0.1, 0.15) is 5.82 Å². The first kappa shape index (κ1) is 12.2. The van der Waals surface area contributed by atoms with Crippen molar-refractivity contribution in [3.05, 3.63) is 40.0 Å². The summed E-state index contributed by atoms with van der Waals surface area (Å²) in [5.74, 6) is 1.31. The molecule has 0 saturated carbocycles. The predicted octanol–water partition coefficient (Wildman–Crippen LogP) is 1.12. The molecular weight excluding hydrogens is 357 g/mol. The molecule has 0 atom stereocenters. The quantitative estimate of drug-likeness (QED) is 0.649. The number of halogens is 1. The number of rotatable bonds is 3. The molecule has 2 heterocycles. The minimum Gasteiger partial charge on any atom is -0.245 e. The Labute approximate surface area is 122 Å². The Balaban J connectivity index is 1.83. The first-order valence-corrected chi connectivity index (χ1v) is 6.67. The summed E-state index contributed by atoms with van der Waals surface area (Å²) < 4.78 is 2.86. The van der Waals surface area contributed by atoms with Crippen LogP contribution >= 0.6 is 22.6 Å². The first-order chi connectivity index (χ1) is 9.20. The number of hydrogen-bond donors (Lipinski definition) is 0. The second kappa shape index (κ2) is 5.03. The average molecular weight is 367 g/mol. The molecule has 0 aliphatic rings. The van der Waals surface area contributed by atoms with Crippen LogP contribution in [-0.4, -0.2) is 35.0 Å². The highest BCUT2D eigenvalue weighted by molar-refractivity contribution is 14.1. The van der Waals surface area contributed by atoms with Gasteiger partial charge in [0.05, 0.1) is 7.05 Å². The van der Waals surface area contributed by atoms with Crippen molar-refractivity contribution in [1.82, 2.24) is 35.0 Å². The second-order valence-corrected chi connectivity index (χ2v) is 5.22. The van der Waals surface area contributed by atoms with Crippen LogP contribution in [0, 0.1) is 3.57 Å². The van der Waals surface area contributed by atoms with Gasteiger partial charge in [-0.25, -0.2) is 9.67 Å². The smallest absolute Gasteiger partial charge is 0.196 e. The van der Waals surface area contributed by atoms with Gasteiger partial charge in [0.1, 0.15) is 12.9 Å². The van der Waals surface area contributed by atoms with E-state index < -0.39 is 0 Å². The lowest BCUT2D eigenvalue weighted by Gasteiger charge is -1.96. The lowest BCUT2D eigenvalue weighted by molar-refractivity contribution is 0.617. The van der Waals surface area contributed by atoms with Crippen molar-refractivity contribution in [2.45, 2.75) is 6.54 Å². The zero-order valence-corrected chi connectivity index (χ0v) is 12.3. The Hall–Kier alpha value is -1.84. The number of benzene rings is 1. The molecular formula is C11H10IN7. The Kier molecular flexibility index (Phi) is 3.23. The predicted molar refractivity (Wildman–Crippen MR) is 76.1 cm³/mol. The topological polar surface area (TPSA) is 74.3 Å². The summed E-state index contributed by atoms with van der Waals surface area (Å²) in [7, 11) is 1.73. The molecule has 96 valence electrons. The maximum absolute atomic E-state index is 4.41. The molecule has 3 rings (SSSR count). The van der Waals surface area contributed by atoms with E-state index in [-0.39, 0.29) is 0 Å². The van der Waals surface area contributed by atoms with E-state index in [1.165, 1.54) is 4.80 Å². The minimum absolute atomic E-state index is 0.463. The van der Waals surface area contributed by atoms with Crippen molar-refractivity contribution in [1.29, 1.82) is 0 Å². The van der Waals surface area contributed by atoms with Crippen molar-refractivity contribution in [3.8, 4) is 11.4 Å². The van der Waals surface area contributed by atoms with Gasteiger partial charge in [-0.05, 0) is 39.9 Å². The van der Waals surface area contributed by atoms with Crippen LogP contribution in [-0.2, 0) is 13.6 Å². The fraction of sp³-hybridized carbons (Fsp3) is 0.182. The van der Waals surface area contributed by atoms with Crippen molar-refractivity contribution >= 4 is 22.6 Å². The Morgan fingerprint density at radius 3 is 2.89 bits per heavy atom. The second-order valence-electron chi connectivity index (χ2n) is 3.97. The van der Waals surface area contributed by atoms with Gasteiger partial charge in [-0.2, -0.15) is 9.90 Å². The van der Waals surface area contributed by atoms with E-state index in [4.69, 9.17) is 0 Å². The van der Waals surface area contributed by atoms with Crippen LogP contribution in [0.15, 0.2) is 30.6 Å². The van der Waals surface area contributed by atoms with E-state index in [9.17, 15) is 0 Å². The zero-order valence-electron chi connectivity index (χ0n) is 10.1. The van der Waals surface area contributed by atoms with Gasteiger partial charge in [-0.1, -0.05) is 12.1 Å². The standard InChI is InChI=1S/C11H10IN7/c1-18-15-10(14-17-18)6-19-7-13-11(16-19)8-3-2-4-9(12)5-8/h2-5,7H,6H2,1H3. The summed E-state index contributed by atoms with van der Waals surface area (Å²) in [5, 5.41) is 16.2. The molecule has 0 fully saturated rings. The molecule has 8 heteroatoms. The third-order valence-electron chi connectivity index (χ3n) is 2.47. The van der Waals surface area contributed by atoms with Gasteiger partial charge < -0.3 is 0 Å². The van der Waals surface area contributed by atoms with E-state index in [0.717, 1.165) is 9.13 Å². The van der Waals surface area contributed by atoms with Gasteiger partial charge in [0.15, 0.2) is 11.6 Å². The van der Waals surface area contributed by atoms with Crippen LogP contribution in [0.3, 0.4) is 0 Å². The van der Waals surface area contributed by atoms with Crippen molar-refractivity contribution in [2.24, 2.45) is 7.05 Å². The largest absolute Gasteiger partial charge is 0.245 e. The lowest BCUT2D eigenvalue weighted by Crippen LogP contribution is -2.03. The van der Waals surface area contributed by atoms with Crippen LogP contribution in [0.5, 0.6) is 0 Å². The number of tetrazole rings is 1. The Morgan fingerprint density at radius 1 is 1.26 bits per heavy atom. The van der Waals surface area contributed by atoms with E-state index in [1.807, 2.05) is 24.3 Å². The maximum atomic E-state index is 4.41. The normalized spacial score (nSPS) is 10.8. The summed E-state index contributed by atoms with van der Waals surface area (Å²) in [4.78, 5) is 5.72. The van der Waals surface area contributed by atoms with Crippen LogP contribution in [0.4, 0.5) is 0 Å². The number of nitrogens with zero attached hydrogens (tertiary/aromatic N) is 7. The molecule has 0 amide bonds. The van der Waals surface area contributed by atoms with Crippen LogP contribution in [0.2, 0.25) is 0 Å². The molecule has 2 aromatic heterocycles. The molecule has 0 aliphatic heterocycles. The molecule has 19 heavy (non-hydrogen) atoms. The van der Waals surface area contributed by atoms with E-state index in [2.05, 4.69) is 48.1 Å². The summed E-state index contributed by atoms with van der Waals surface area (Å²) in [6.07, 6.45) is 1.67. The molecule has 0 bridgehead atoms. The monoisotopic (exact) mass is 367 g/mol. The van der Waals surface area contributed by atoms with E-state index in [0.29, 0.717) is 18.2 Å². The fourth-order valence-corrected chi connectivity index (χ4v) is 2.21. The highest BCUT2D eigenvalue weighted by atomic mass is 127. The van der Waals surface area contributed by atoms with Gasteiger partial charge in [0.2, 0.25) is 0 Å². The number of hydrogen-bond acceptors (Lipinski definition) is 5. The van der Waals surface area contributed by atoms with Crippen molar-refractivity contribution in [3.63, 3.8) is 0 Å². The van der Waals surface area contributed by atoms with Gasteiger partial charge in [0.25, 0.3) is 0 Å². The van der Waals surface area contributed by atoms with Gasteiger partial charge in [-0.3, -0.25) is 0 Å². The average Bonchev–Trinajstić information content (AvgIpc) is 2.99. The third-order valence-corrected chi connectivity index (χ3v) is 3.14. The lowest BCUT2D eigenvalue weighted by atomic mass is 10.2. The van der Waals surface area contributed by atoms with E-state index >= 15 is 0 Å². The summed E-state index contributed by atoms with van der Waals surface area (Å²) in [6, 6.07) is 8.05. The highest BCUT2D eigenvalue weighted by Crippen LogP contribution is 2.17. The molecule has 0 spiro atoms. The molecule has 1 aromatic carbocycles. The summed E-state index contributed by atoms with van der Waals surface area (Å²) in [5.41, 5.74) is 0.998. The first-order valence-electron chi connectivity index (χ1n) is 5.59. The minimum atomic E-state index is 0.463. The van der Waals surface area contributed by atoms with Crippen LogP contribution in [0.25, 0.3) is 11.4 Å². The number of aryl methyl sites for hydroxylation is 1. The fourth-order valence-electron chi connectivity index (χ4n) is 1.66. The summed E-state index contributed by atoms with van der Waals surface area (Å²) >= 11 is 2.27. The van der Waals surface area contributed by atoms with Crippen molar-refractivity contribution in [2.75, 3.05) is 0 Å². The Morgan fingerprint density at radius 2 is 2.16 bits per heavy atom. The molecule has 0 unspecified atom stereocenters. The van der Waals surface area contributed by atoms with Crippen LogP contribution < -0.4 is 0 Å². The molecule has 0 saturated heterocycles. The van der Waals surface area contributed by atoms with Gasteiger partial charge in [-0.15, -0.1) is 10.2 Å². The molecule has 0 N–H and O–H groups in total. The summed E-state index contributed by atoms with van der Waals surface area (Å²) in [6.45, 7) is 0.463. The SMILES string of the molecule is Cn1nnc(Cn2cnc(-c3cccc(I)c3)n2)n1. The van der Waals surface area contributed by atoms with Gasteiger partial charge >= 0.3 is 0 Å². The molecule has 7 nitrogen and oxygen atoms in total.